The number of aromatic nitrogens is 2. The Morgan fingerprint density at radius 2 is 2.30 bits per heavy atom. The number of nitriles is 1. The van der Waals surface area contributed by atoms with Crippen molar-refractivity contribution in [3.63, 3.8) is 0 Å². The molecule has 1 aromatic carbocycles. The van der Waals surface area contributed by atoms with E-state index in [1.165, 1.54) is 11.8 Å². The van der Waals surface area contributed by atoms with Crippen LogP contribution in [0.5, 0.6) is 0 Å². The fourth-order valence-corrected chi connectivity index (χ4v) is 2.17. The Morgan fingerprint density at radius 3 is 3.05 bits per heavy atom. The molecule has 0 radical (unpaired) electrons. The highest BCUT2D eigenvalue weighted by Crippen LogP contribution is 2.14. The van der Waals surface area contributed by atoms with Gasteiger partial charge in [-0.2, -0.15) is 5.26 Å². The molecular weight excluding hydrogens is 272 g/mol. The van der Waals surface area contributed by atoms with E-state index in [2.05, 4.69) is 15.3 Å². The van der Waals surface area contributed by atoms with Crippen molar-refractivity contribution in [2.75, 3.05) is 11.1 Å². The van der Waals surface area contributed by atoms with Gasteiger partial charge in [0.2, 0.25) is 5.91 Å². The summed E-state index contributed by atoms with van der Waals surface area (Å²) in [6.07, 6.45) is 1.67. The van der Waals surface area contributed by atoms with E-state index >= 15 is 0 Å². The molecule has 0 aliphatic heterocycles. The summed E-state index contributed by atoms with van der Waals surface area (Å²) in [5.41, 5.74) is 1.99. The summed E-state index contributed by atoms with van der Waals surface area (Å²) < 4.78 is 0. The maximum absolute atomic E-state index is 11.8. The van der Waals surface area contributed by atoms with E-state index in [0.717, 1.165) is 5.69 Å². The zero-order valence-electron chi connectivity index (χ0n) is 10.8. The number of amides is 1. The summed E-state index contributed by atoms with van der Waals surface area (Å²) in [5.74, 6) is 0.0652. The molecule has 0 atom stereocenters. The van der Waals surface area contributed by atoms with Crippen LogP contribution in [-0.2, 0) is 4.79 Å². The largest absolute Gasteiger partial charge is 0.325 e. The van der Waals surface area contributed by atoms with Crippen LogP contribution in [0, 0.1) is 18.3 Å². The number of carbonyl (C=O) groups is 1. The summed E-state index contributed by atoms with van der Waals surface area (Å²) in [7, 11) is 0. The van der Waals surface area contributed by atoms with Crippen LogP contribution in [0.4, 0.5) is 5.69 Å². The van der Waals surface area contributed by atoms with Gasteiger partial charge in [-0.25, -0.2) is 9.97 Å². The Morgan fingerprint density at radius 1 is 1.45 bits per heavy atom. The van der Waals surface area contributed by atoms with Gasteiger partial charge in [0, 0.05) is 17.6 Å². The molecule has 5 nitrogen and oxygen atoms in total. The first kappa shape index (κ1) is 14.0. The van der Waals surface area contributed by atoms with E-state index < -0.39 is 0 Å². The Labute approximate surface area is 121 Å². The molecule has 0 aliphatic carbocycles. The molecule has 0 bridgehead atoms. The standard InChI is InChI=1S/C14H12N4OS/c1-10-5-6-16-14(17-10)20-9-13(19)18-12-4-2-3-11(7-12)8-15/h2-7H,9H2,1H3,(H,18,19). The molecule has 0 unspecified atom stereocenters. The average Bonchev–Trinajstić information content (AvgIpc) is 2.45. The van der Waals surface area contributed by atoms with Gasteiger partial charge in [-0.1, -0.05) is 17.8 Å². The van der Waals surface area contributed by atoms with Gasteiger partial charge in [-0.15, -0.1) is 0 Å². The van der Waals surface area contributed by atoms with E-state index in [4.69, 9.17) is 5.26 Å². The maximum Gasteiger partial charge on any atom is 0.234 e. The molecule has 2 rings (SSSR count). The molecule has 0 saturated heterocycles. The zero-order chi connectivity index (χ0) is 14.4. The predicted molar refractivity (Wildman–Crippen MR) is 77.3 cm³/mol. The van der Waals surface area contributed by atoms with Crippen LogP contribution in [0.2, 0.25) is 0 Å². The average molecular weight is 284 g/mol. The van der Waals surface area contributed by atoms with Gasteiger partial charge in [0.05, 0.1) is 17.4 Å². The number of nitrogens with zero attached hydrogens (tertiary/aromatic N) is 3. The molecule has 6 heteroatoms. The van der Waals surface area contributed by atoms with Crippen molar-refractivity contribution in [3.05, 3.63) is 47.8 Å². The zero-order valence-corrected chi connectivity index (χ0v) is 11.6. The minimum absolute atomic E-state index is 0.157. The lowest BCUT2D eigenvalue weighted by molar-refractivity contribution is -0.113. The Kier molecular flexibility index (Phi) is 4.69. The quantitative estimate of drug-likeness (QED) is 0.689. The molecule has 1 N–H and O–H groups in total. The highest BCUT2D eigenvalue weighted by molar-refractivity contribution is 7.99. The van der Waals surface area contributed by atoms with Gasteiger partial charge in [0.15, 0.2) is 5.16 Å². The molecule has 0 aliphatic rings. The Bertz CT molecular complexity index is 666. The Hall–Kier alpha value is -2.39. The van der Waals surface area contributed by atoms with Crippen LogP contribution >= 0.6 is 11.8 Å². The van der Waals surface area contributed by atoms with Gasteiger partial charge in [-0.05, 0) is 31.2 Å². The second-order valence-electron chi connectivity index (χ2n) is 4.01. The predicted octanol–water partition coefficient (Wildman–Crippen LogP) is 2.39. The van der Waals surface area contributed by atoms with Gasteiger partial charge >= 0.3 is 0 Å². The summed E-state index contributed by atoms with van der Waals surface area (Å²) >= 11 is 1.27. The van der Waals surface area contributed by atoms with Crippen molar-refractivity contribution < 1.29 is 4.79 Å². The molecular formula is C14H12N4OS. The van der Waals surface area contributed by atoms with Crippen LogP contribution in [0.3, 0.4) is 0 Å². The maximum atomic E-state index is 11.8. The monoisotopic (exact) mass is 284 g/mol. The number of benzene rings is 1. The highest BCUT2D eigenvalue weighted by atomic mass is 32.2. The normalized spacial score (nSPS) is 9.80. The summed E-state index contributed by atoms with van der Waals surface area (Å²) in [6.45, 7) is 1.87. The molecule has 20 heavy (non-hydrogen) atoms. The fourth-order valence-electron chi connectivity index (χ4n) is 1.49. The smallest absolute Gasteiger partial charge is 0.234 e. The molecule has 100 valence electrons. The minimum Gasteiger partial charge on any atom is -0.325 e. The van der Waals surface area contributed by atoms with Crippen molar-refractivity contribution in [2.24, 2.45) is 0 Å². The summed E-state index contributed by atoms with van der Waals surface area (Å²) in [5, 5.41) is 12.1. The first-order chi connectivity index (χ1) is 9.67. The summed E-state index contributed by atoms with van der Waals surface area (Å²) in [6, 6.07) is 10.6. The van der Waals surface area contributed by atoms with Crippen molar-refractivity contribution in [1.82, 2.24) is 9.97 Å². The number of hydrogen-bond donors (Lipinski definition) is 1. The van der Waals surface area contributed by atoms with Gasteiger partial charge < -0.3 is 5.32 Å². The fraction of sp³-hybridized carbons (Fsp3) is 0.143. The number of anilines is 1. The third-order valence-corrected chi connectivity index (χ3v) is 3.24. The lowest BCUT2D eigenvalue weighted by Crippen LogP contribution is -2.14. The van der Waals surface area contributed by atoms with Gasteiger partial charge in [-0.3, -0.25) is 4.79 Å². The lowest BCUT2D eigenvalue weighted by atomic mass is 10.2. The topological polar surface area (TPSA) is 78.7 Å². The number of rotatable bonds is 4. The van der Waals surface area contributed by atoms with Crippen LogP contribution in [0.25, 0.3) is 0 Å². The molecule has 0 saturated carbocycles. The summed E-state index contributed by atoms with van der Waals surface area (Å²) in [4.78, 5) is 20.1. The molecule has 1 heterocycles. The molecule has 1 amide bonds. The molecule has 2 aromatic rings. The minimum atomic E-state index is -0.157. The highest BCUT2D eigenvalue weighted by Gasteiger charge is 2.06. The first-order valence-electron chi connectivity index (χ1n) is 5.90. The number of aryl methyl sites for hydroxylation is 1. The van der Waals surface area contributed by atoms with E-state index in [0.29, 0.717) is 16.4 Å². The van der Waals surface area contributed by atoms with E-state index in [-0.39, 0.29) is 11.7 Å². The van der Waals surface area contributed by atoms with Crippen molar-refractivity contribution in [2.45, 2.75) is 12.1 Å². The third kappa shape index (κ3) is 4.07. The van der Waals surface area contributed by atoms with Crippen LogP contribution < -0.4 is 5.32 Å². The van der Waals surface area contributed by atoms with Crippen molar-refractivity contribution in [1.29, 1.82) is 5.26 Å². The first-order valence-corrected chi connectivity index (χ1v) is 6.88. The van der Waals surface area contributed by atoms with Crippen molar-refractivity contribution >= 4 is 23.4 Å². The Balaban J connectivity index is 1.91. The molecule has 0 spiro atoms. The van der Waals surface area contributed by atoms with E-state index in [1.807, 2.05) is 13.0 Å². The van der Waals surface area contributed by atoms with E-state index in [1.54, 1.807) is 36.5 Å². The molecule has 0 fully saturated rings. The number of nitrogens with one attached hydrogen (secondary N) is 1. The number of thioether (sulfide) groups is 1. The third-order valence-electron chi connectivity index (χ3n) is 2.38. The van der Waals surface area contributed by atoms with Gasteiger partial charge in [0.25, 0.3) is 0 Å². The number of carbonyl (C=O) groups excluding carboxylic acids is 1. The molecule has 1 aromatic heterocycles. The van der Waals surface area contributed by atoms with E-state index in [9.17, 15) is 4.79 Å². The lowest BCUT2D eigenvalue weighted by Gasteiger charge is -2.05. The number of hydrogen-bond acceptors (Lipinski definition) is 5. The van der Waals surface area contributed by atoms with Gasteiger partial charge in [0.1, 0.15) is 0 Å². The second-order valence-corrected chi connectivity index (χ2v) is 4.95. The second kappa shape index (κ2) is 6.68. The van der Waals surface area contributed by atoms with Crippen LogP contribution in [-0.4, -0.2) is 21.6 Å². The van der Waals surface area contributed by atoms with Crippen LogP contribution in [0.15, 0.2) is 41.7 Å². The van der Waals surface area contributed by atoms with Crippen molar-refractivity contribution in [3.8, 4) is 6.07 Å². The van der Waals surface area contributed by atoms with Crippen LogP contribution in [0.1, 0.15) is 11.3 Å². The SMILES string of the molecule is Cc1ccnc(SCC(=O)Nc2cccc(C#N)c2)n1.